The van der Waals surface area contributed by atoms with Crippen molar-refractivity contribution < 1.29 is 9.32 Å². The van der Waals surface area contributed by atoms with Gasteiger partial charge in [-0.2, -0.15) is 4.98 Å². The summed E-state index contributed by atoms with van der Waals surface area (Å²) in [5.74, 6) is 1.11. The van der Waals surface area contributed by atoms with Crippen LogP contribution in [0.5, 0.6) is 0 Å². The van der Waals surface area contributed by atoms with Gasteiger partial charge in [-0.15, -0.1) is 0 Å². The van der Waals surface area contributed by atoms with Crippen molar-refractivity contribution in [2.75, 3.05) is 0 Å². The van der Waals surface area contributed by atoms with E-state index in [0.29, 0.717) is 23.7 Å². The zero-order chi connectivity index (χ0) is 17.9. The van der Waals surface area contributed by atoms with Crippen LogP contribution < -0.4 is 5.32 Å². The molecule has 0 saturated carbocycles. The lowest BCUT2D eigenvalue weighted by molar-refractivity contribution is 0.0933. The average molecular weight is 347 g/mol. The first-order chi connectivity index (χ1) is 12.7. The van der Waals surface area contributed by atoms with Gasteiger partial charge in [0.2, 0.25) is 11.7 Å². The number of hydrogen-bond donors (Lipinski definition) is 1. The largest absolute Gasteiger partial charge is 0.345 e. The van der Waals surface area contributed by atoms with Crippen LogP contribution in [0.3, 0.4) is 0 Å². The topological polar surface area (TPSA) is 68.0 Å². The Bertz CT molecular complexity index is 915. The number of benzene rings is 2. The van der Waals surface area contributed by atoms with Crippen molar-refractivity contribution in [3.8, 4) is 11.4 Å². The number of rotatable bonds is 4. The molecular weight excluding hydrogens is 326 g/mol. The lowest BCUT2D eigenvalue weighted by Gasteiger charge is -2.26. The third-order valence-electron chi connectivity index (χ3n) is 4.85. The molecular formula is C21H21N3O2. The molecule has 5 heteroatoms. The molecule has 1 amide bonds. The molecule has 1 heterocycles. The van der Waals surface area contributed by atoms with Crippen LogP contribution in [0, 0.1) is 0 Å². The van der Waals surface area contributed by atoms with Gasteiger partial charge in [0.1, 0.15) is 0 Å². The van der Waals surface area contributed by atoms with Gasteiger partial charge in [0, 0.05) is 17.5 Å². The third-order valence-corrected chi connectivity index (χ3v) is 4.85. The Labute approximate surface area is 152 Å². The van der Waals surface area contributed by atoms with Gasteiger partial charge in [0.15, 0.2) is 0 Å². The molecule has 2 aromatic carbocycles. The quantitative estimate of drug-likeness (QED) is 0.771. The molecule has 1 aliphatic carbocycles. The molecule has 0 bridgehead atoms. The van der Waals surface area contributed by atoms with Crippen LogP contribution in [0.25, 0.3) is 11.4 Å². The molecule has 1 N–H and O–H groups in total. The summed E-state index contributed by atoms with van der Waals surface area (Å²) in [5, 5.41) is 7.14. The molecule has 132 valence electrons. The summed E-state index contributed by atoms with van der Waals surface area (Å²) in [6, 6.07) is 15.8. The Hall–Kier alpha value is -2.95. The van der Waals surface area contributed by atoms with Crippen LogP contribution in [0.15, 0.2) is 53.1 Å². The molecule has 1 atom stereocenters. The Kier molecular flexibility index (Phi) is 4.52. The summed E-state index contributed by atoms with van der Waals surface area (Å²) in [7, 11) is 0. The lowest BCUT2D eigenvalue weighted by atomic mass is 9.87. The molecule has 0 fully saturated rings. The average Bonchev–Trinajstić information content (AvgIpc) is 3.18. The highest BCUT2D eigenvalue weighted by molar-refractivity contribution is 5.94. The number of hydrogen-bond acceptors (Lipinski definition) is 4. The SMILES string of the molecule is CCc1nc(-c2ccc(C(=O)NC3CCCc4ccccc43)cc2)no1. The van der Waals surface area contributed by atoms with Crippen molar-refractivity contribution in [2.45, 2.75) is 38.6 Å². The fourth-order valence-corrected chi connectivity index (χ4v) is 3.43. The van der Waals surface area contributed by atoms with Gasteiger partial charge in [-0.25, -0.2) is 0 Å². The van der Waals surface area contributed by atoms with Gasteiger partial charge in [0.25, 0.3) is 5.91 Å². The van der Waals surface area contributed by atoms with E-state index in [1.807, 2.05) is 25.1 Å². The molecule has 3 aromatic rings. The Morgan fingerprint density at radius 2 is 2.00 bits per heavy atom. The van der Waals surface area contributed by atoms with Gasteiger partial charge in [-0.05, 0) is 42.5 Å². The molecule has 0 radical (unpaired) electrons. The number of nitrogens with zero attached hydrogens (tertiary/aromatic N) is 2. The fourth-order valence-electron chi connectivity index (χ4n) is 3.43. The summed E-state index contributed by atoms with van der Waals surface area (Å²) in [6.07, 6.45) is 3.86. The second-order valence-electron chi connectivity index (χ2n) is 6.56. The van der Waals surface area contributed by atoms with E-state index in [1.165, 1.54) is 11.1 Å². The minimum Gasteiger partial charge on any atom is -0.345 e. The van der Waals surface area contributed by atoms with E-state index in [4.69, 9.17) is 4.52 Å². The highest BCUT2D eigenvalue weighted by atomic mass is 16.5. The zero-order valence-corrected chi connectivity index (χ0v) is 14.7. The normalized spacial score (nSPS) is 16.1. The number of fused-ring (bicyclic) bond motifs is 1. The maximum absolute atomic E-state index is 12.7. The molecule has 1 unspecified atom stereocenters. The molecule has 1 aliphatic rings. The first-order valence-electron chi connectivity index (χ1n) is 9.06. The standard InChI is InChI=1S/C21H21N3O2/c1-2-19-23-20(24-26-19)15-10-12-16(13-11-15)21(25)22-18-9-5-7-14-6-3-4-8-17(14)18/h3-4,6,8,10-13,18H,2,5,7,9H2,1H3,(H,22,25). The first kappa shape index (κ1) is 16.5. The van der Waals surface area contributed by atoms with Crippen molar-refractivity contribution in [3.63, 3.8) is 0 Å². The number of aryl methyl sites for hydroxylation is 2. The highest BCUT2D eigenvalue weighted by Crippen LogP contribution is 2.29. The monoisotopic (exact) mass is 347 g/mol. The molecule has 0 aliphatic heterocycles. The van der Waals surface area contributed by atoms with E-state index in [0.717, 1.165) is 24.8 Å². The van der Waals surface area contributed by atoms with Crippen molar-refractivity contribution in [3.05, 3.63) is 71.1 Å². The predicted molar refractivity (Wildman–Crippen MR) is 98.7 cm³/mol. The molecule has 0 saturated heterocycles. The summed E-state index contributed by atoms with van der Waals surface area (Å²) in [6.45, 7) is 1.97. The summed E-state index contributed by atoms with van der Waals surface area (Å²) in [4.78, 5) is 17.0. The van der Waals surface area contributed by atoms with Gasteiger partial charge < -0.3 is 9.84 Å². The van der Waals surface area contributed by atoms with E-state index in [2.05, 4.69) is 33.7 Å². The minimum absolute atomic E-state index is 0.0550. The van der Waals surface area contributed by atoms with E-state index < -0.39 is 0 Å². The summed E-state index contributed by atoms with van der Waals surface area (Å²) >= 11 is 0. The van der Waals surface area contributed by atoms with Gasteiger partial charge in [-0.3, -0.25) is 4.79 Å². The van der Waals surface area contributed by atoms with Crippen LogP contribution in [-0.2, 0) is 12.8 Å². The Morgan fingerprint density at radius 1 is 1.19 bits per heavy atom. The first-order valence-corrected chi connectivity index (χ1v) is 9.06. The molecule has 5 nitrogen and oxygen atoms in total. The van der Waals surface area contributed by atoms with E-state index in [9.17, 15) is 4.79 Å². The van der Waals surface area contributed by atoms with Crippen LogP contribution in [0.4, 0.5) is 0 Å². The lowest BCUT2D eigenvalue weighted by Crippen LogP contribution is -2.30. The molecule has 4 rings (SSSR count). The van der Waals surface area contributed by atoms with E-state index >= 15 is 0 Å². The molecule has 26 heavy (non-hydrogen) atoms. The fraction of sp³-hybridized carbons (Fsp3) is 0.286. The molecule has 1 aromatic heterocycles. The Balaban J connectivity index is 1.49. The van der Waals surface area contributed by atoms with Crippen LogP contribution in [0.2, 0.25) is 0 Å². The Morgan fingerprint density at radius 3 is 2.77 bits per heavy atom. The smallest absolute Gasteiger partial charge is 0.251 e. The van der Waals surface area contributed by atoms with Crippen LogP contribution in [-0.4, -0.2) is 16.0 Å². The van der Waals surface area contributed by atoms with Gasteiger partial charge in [-0.1, -0.05) is 48.5 Å². The summed E-state index contributed by atoms with van der Waals surface area (Å²) < 4.78 is 5.14. The van der Waals surface area contributed by atoms with E-state index in [1.54, 1.807) is 12.1 Å². The number of nitrogens with one attached hydrogen (secondary N) is 1. The van der Waals surface area contributed by atoms with Crippen molar-refractivity contribution in [2.24, 2.45) is 0 Å². The van der Waals surface area contributed by atoms with E-state index in [-0.39, 0.29) is 11.9 Å². The number of carbonyl (C=O) groups excluding carboxylic acids is 1. The number of carbonyl (C=O) groups is 1. The van der Waals surface area contributed by atoms with Gasteiger partial charge in [0.05, 0.1) is 6.04 Å². The minimum atomic E-state index is -0.0550. The van der Waals surface area contributed by atoms with Crippen molar-refractivity contribution in [1.82, 2.24) is 15.5 Å². The molecule has 0 spiro atoms. The second kappa shape index (κ2) is 7.12. The van der Waals surface area contributed by atoms with Crippen LogP contribution >= 0.6 is 0 Å². The maximum Gasteiger partial charge on any atom is 0.251 e. The second-order valence-corrected chi connectivity index (χ2v) is 6.56. The highest BCUT2D eigenvalue weighted by Gasteiger charge is 2.22. The van der Waals surface area contributed by atoms with Gasteiger partial charge >= 0.3 is 0 Å². The number of amides is 1. The summed E-state index contributed by atoms with van der Waals surface area (Å²) in [5.41, 5.74) is 4.05. The predicted octanol–water partition coefficient (Wildman–Crippen LogP) is 4.11. The van der Waals surface area contributed by atoms with Crippen LogP contribution in [0.1, 0.15) is 53.2 Å². The number of aromatic nitrogens is 2. The maximum atomic E-state index is 12.7. The van der Waals surface area contributed by atoms with Crippen molar-refractivity contribution in [1.29, 1.82) is 0 Å². The third kappa shape index (κ3) is 3.25. The zero-order valence-electron chi connectivity index (χ0n) is 14.7. The van der Waals surface area contributed by atoms with Crippen molar-refractivity contribution >= 4 is 5.91 Å².